The average Bonchev–Trinajstić information content (AvgIpc) is 3.42. The Balaban J connectivity index is 1.24. The number of hydrogen-bond donors (Lipinski definition) is 2. The molecule has 0 aromatic heterocycles. The number of rotatable bonds is 6. The number of carbonyl (C=O) groups excluding carboxylic acids is 1. The average molecular weight is 470 g/mol. The molecule has 6 atom stereocenters. The van der Waals surface area contributed by atoms with Crippen LogP contribution < -0.4 is 5.32 Å². The van der Waals surface area contributed by atoms with Crippen molar-refractivity contribution in [3.63, 3.8) is 0 Å². The van der Waals surface area contributed by atoms with E-state index in [2.05, 4.69) is 26.1 Å². The molecule has 8 nitrogen and oxygen atoms in total. The van der Waals surface area contributed by atoms with Crippen LogP contribution in [0.1, 0.15) is 45.6 Å². The molecule has 1 aromatic rings. The van der Waals surface area contributed by atoms with Gasteiger partial charge in [-0.25, -0.2) is 9.59 Å². The quantitative estimate of drug-likeness (QED) is 0.617. The Hall–Kier alpha value is -2.26. The number of ether oxygens (including phenoxy) is 1. The third kappa shape index (κ3) is 4.17. The topological polar surface area (TPSA) is 97.3 Å². The molecular formula is C25H35BN2O6. The van der Waals surface area contributed by atoms with Crippen molar-refractivity contribution >= 4 is 19.3 Å². The van der Waals surface area contributed by atoms with Gasteiger partial charge in [-0.3, -0.25) is 0 Å². The maximum absolute atomic E-state index is 12.8. The van der Waals surface area contributed by atoms with Crippen LogP contribution in [0.5, 0.6) is 0 Å². The Morgan fingerprint density at radius 2 is 2.03 bits per heavy atom. The van der Waals surface area contributed by atoms with Gasteiger partial charge < -0.3 is 29.4 Å². The maximum atomic E-state index is 12.8. The summed E-state index contributed by atoms with van der Waals surface area (Å²) in [6.45, 7) is 7.89. The van der Waals surface area contributed by atoms with Crippen LogP contribution in [0.15, 0.2) is 30.3 Å². The van der Waals surface area contributed by atoms with E-state index < -0.39 is 25.2 Å². The third-order valence-electron chi connectivity index (χ3n) is 8.91. The van der Waals surface area contributed by atoms with Crippen LogP contribution in [0.2, 0.25) is 0 Å². The highest BCUT2D eigenvalue weighted by Crippen LogP contribution is 2.65. The molecule has 0 unspecified atom stereocenters. The lowest BCUT2D eigenvalue weighted by Gasteiger charge is -2.64. The zero-order valence-corrected chi connectivity index (χ0v) is 20.2. The number of benzene rings is 1. The van der Waals surface area contributed by atoms with Crippen molar-refractivity contribution < 1.29 is 28.7 Å². The van der Waals surface area contributed by atoms with E-state index >= 15 is 0 Å². The fourth-order valence-electron chi connectivity index (χ4n) is 6.68. The highest BCUT2D eigenvalue weighted by molar-refractivity contribution is 6.47. The lowest BCUT2D eigenvalue weighted by Crippen LogP contribution is -2.65. The van der Waals surface area contributed by atoms with Gasteiger partial charge in [0.2, 0.25) is 0 Å². The zero-order valence-electron chi connectivity index (χ0n) is 20.2. The van der Waals surface area contributed by atoms with Crippen LogP contribution in [0.3, 0.4) is 0 Å². The highest BCUT2D eigenvalue weighted by Gasteiger charge is 2.68. The van der Waals surface area contributed by atoms with Gasteiger partial charge in [0.15, 0.2) is 0 Å². The molecule has 2 saturated heterocycles. The number of carboxylic acid groups (broad SMARTS) is 1. The molecule has 5 fully saturated rings. The molecule has 3 saturated carbocycles. The Kier molecular flexibility index (Phi) is 6.05. The normalized spacial score (nSPS) is 34.2. The van der Waals surface area contributed by atoms with Gasteiger partial charge in [0, 0.05) is 19.0 Å². The Bertz CT molecular complexity index is 929. The van der Waals surface area contributed by atoms with Gasteiger partial charge in [-0.05, 0) is 55.4 Å². The first kappa shape index (κ1) is 23.5. The number of carbonyl (C=O) groups is 2. The van der Waals surface area contributed by atoms with Crippen LogP contribution in [0, 0.1) is 23.2 Å². The Morgan fingerprint density at radius 3 is 2.71 bits per heavy atom. The second-order valence-electron chi connectivity index (χ2n) is 11.3. The minimum atomic E-state index is -0.929. The summed E-state index contributed by atoms with van der Waals surface area (Å²) in [4.78, 5) is 25.3. The number of alkyl carbamates (subject to hydrolysis) is 1. The van der Waals surface area contributed by atoms with E-state index in [4.69, 9.17) is 19.2 Å². The van der Waals surface area contributed by atoms with Crippen LogP contribution in [0.4, 0.5) is 9.59 Å². The highest BCUT2D eigenvalue weighted by atomic mass is 16.7. The summed E-state index contributed by atoms with van der Waals surface area (Å²) < 4.78 is 18.6. The number of hydrogen-bond acceptors (Lipinski definition) is 5. The van der Waals surface area contributed by atoms with Gasteiger partial charge in [0.05, 0.1) is 24.3 Å². The van der Waals surface area contributed by atoms with Gasteiger partial charge in [-0.1, -0.05) is 44.2 Å². The summed E-state index contributed by atoms with van der Waals surface area (Å²) in [5.41, 5.74) is 0.973. The van der Waals surface area contributed by atoms with Gasteiger partial charge >= 0.3 is 19.3 Å². The number of nitrogens with one attached hydrogen (secondary N) is 1. The van der Waals surface area contributed by atoms with Crippen LogP contribution in [-0.2, 0) is 20.5 Å². The Morgan fingerprint density at radius 1 is 1.26 bits per heavy atom. The van der Waals surface area contributed by atoms with Crippen LogP contribution >= 0.6 is 0 Å². The molecule has 9 heteroatoms. The third-order valence-corrected chi connectivity index (χ3v) is 8.91. The first-order valence-electron chi connectivity index (χ1n) is 12.4. The molecule has 0 radical (unpaired) electrons. The van der Waals surface area contributed by atoms with E-state index in [0.29, 0.717) is 37.8 Å². The lowest BCUT2D eigenvalue weighted by molar-refractivity contribution is -0.199. The summed E-state index contributed by atoms with van der Waals surface area (Å²) in [5.74, 6) is 0.721. The van der Waals surface area contributed by atoms with Crippen molar-refractivity contribution in [2.75, 3.05) is 19.7 Å². The standard InChI is InChI=1S/C25H35BN2O6/c1-24(2)18-12-19(24)25(3)20(13-18)33-26(34-25)21(11-16-7-5-4-6-8-16)27-22(29)32-15-17-9-10-28(14-17)23(30)31/h4-8,17-21H,9-15H2,1-3H3,(H,27,29)(H,30,31)/t17-,18-,19-,20+,21-,25-/m0/s1. The predicted molar refractivity (Wildman–Crippen MR) is 126 cm³/mol. The molecule has 6 rings (SSSR count). The first-order valence-corrected chi connectivity index (χ1v) is 12.4. The molecule has 5 aliphatic rings. The molecule has 3 aliphatic carbocycles. The number of likely N-dealkylation sites (tertiary alicyclic amines) is 1. The predicted octanol–water partition coefficient (Wildman–Crippen LogP) is 3.59. The molecule has 0 spiro atoms. The van der Waals surface area contributed by atoms with E-state index in [1.807, 2.05) is 30.3 Å². The minimum Gasteiger partial charge on any atom is -0.465 e. The van der Waals surface area contributed by atoms with Crippen molar-refractivity contribution in [1.29, 1.82) is 0 Å². The molecule has 1 aromatic carbocycles. The molecule has 2 aliphatic heterocycles. The zero-order chi connectivity index (χ0) is 24.1. The Labute approximate surface area is 201 Å². The molecule has 2 heterocycles. The van der Waals surface area contributed by atoms with Crippen molar-refractivity contribution in [3.8, 4) is 0 Å². The molecule has 2 bridgehead atoms. The van der Waals surface area contributed by atoms with Gasteiger partial charge in [-0.2, -0.15) is 0 Å². The van der Waals surface area contributed by atoms with Crippen molar-refractivity contribution in [1.82, 2.24) is 10.2 Å². The molecule has 184 valence electrons. The van der Waals surface area contributed by atoms with E-state index in [-0.39, 0.29) is 29.6 Å². The molecular weight excluding hydrogens is 435 g/mol. The SMILES string of the molecule is CC1(C)[C@@H]2C[C@H]3OB([C@H](Cc4ccccc4)NC(=O)OC[C@H]4CCN(C(=O)O)C4)O[C@@]3(C)[C@H]1C2. The van der Waals surface area contributed by atoms with Crippen molar-refractivity contribution in [2.45, 2.75) is 64.1 Å². The largest absolute Gasteiger partial charge is 0.482 e. The van der Waals surface area contributed by atoms with Gasteiger partial charge in [0.25, 0.3) is 0 Å². The van der Waals surface area contributed by atoms with E-state index in [1.165, 1.54) is 11.3 Å². The second kappa shape index (κ2) is 8.75. The van der Waals surface area contributed by atoms with Gasteiger partial charge in [0.1, 0.15) is 0 Å². The van der Waals surface area contributed by atoms with E-state index in [0.717, 1.165) is 12.0 Å². The molecule has 34 heavy (non-hydrogen) atoms. The van der Waals surface area contributed by atoms with Gasteiger partial charge in [-0.15, -0.1) is 0 Å². The fraction of sp³-hybridized carbons (Fsp3) is 0.680. The van der Waals surface area contributed by atoms with Crippen LogP contribution in [0.25, 0.3) is 0 Å². The molecule has 2 N–H and O–H groups in total. The fourth-order valence-corrected chi connectivity index (χ4v) is 6.68. The monoisotopic (exact) mass is 470 g/mol. The van der Waals surface area contributed by atoms with E-state index in [9.17, 15) is 9.59 Å². The second-order valence-corrected chi connectivity index (χ2v) is 11.3. The first-order chi connectivity index (χ1) is 16.2. The number of nitrogens with zero attached hydrogens (tertiary/aromatic N) is 1. The van der Waals surface area contributed by atoms with Crippen LogP contribution in [-0.4, -0.2) is 66.7 Å². The summed E-state index contributed by atoms with van der Waals surface area (Å²) in [6, 6.07) is 9.99. The van der Waals surface area contributed by atoms with E-state index in [1.54, 1.807) is 0 Å². The number of amides is 2. The minimum absolute atomic E-state index is 0.0178. The van der Waals surface area contributed by atoms with Crippen molar-refractivity contribution in [3.05, 3.63) is 35.9 Å². The summed E-state index contributed by atoms with van der Waals surface area (Å²) in [7, 11) is -0.549. The summed E-state index contributed by atoms with van der Waals surface area (Å²) in [5, 5.41) is 12.1. The smallest absolute Gasteiger partial charge is 0.465 e. The van der Waals surface area contributed by atoms with Crippen molar-refractivity contribution in [2.24, 2.45) is 23.2 Å². The lowest BCUT2D eigenvalue weighted by atomic mass is 9.43. The summed E-state index contributed by atoms with van der Waals surface area (Å²) >= 11 is 0. The maximum Gasteiger partial charge on any atom is 0.482 e. The summed E-state index contributed by atoms with van der Waals surface area (Å²) in [6.07, 6.45) is 2.00. The molecule has 2 amide bonds.